The number of carbonyl (C=O) groups is 1. The third-order valence-electron chi connectivity index (χ3n) is 5.58. The molecule has 1 aliphatic rings. The maximum atomic E-state index is 11.4. The molecule has 0 aliphatic heterocycles. The highest BCUT2D eigenvalue weighted by Crippen LogP contribution is 2.47. The van der Waals surface area contributed by atoms with Crippen LogP contribution in [0, 0.1) is 5.92 Å². The summed E-state index contributed by atoms with van der Waals surface area (Å²) >= 11 is 0. The topological polar surface area (TPSA) is 37.3 Å². The molecule has 4 atom stereocenters. The highest BCUT2D eigenvalue weighted by molar-refractivity contribution is 5.69. The Morgan fingerprint density at radius 2 is 1.67 bits per heavy atom. The summed E-state index contributed by atoms with van der Waals surface area (Å²) in [7, 11) is 0. The lowest BCUT2D eigenvalue weighted by atomic mass is 9.68. The van der Waals surface area contributed by atoms with Crippen molar-refractivity contribution in [3.05, 3.63) is 71.3 Å². The van der Waals surface area contributed by atoms with Crippen molar-refractivity contribution in [2.45, 2.75) is 50.9 Å². The van der Waals surface area contributed by atoms with Gasteiger partial charge in [-0.25, -0.2) is 0 Å². The summed E-state index contributed by atoms with van der Waals surface area (Å²) in [5.41, 5.74) is 4.13. The maximum Gasteiger partial charge on any atom is 0.306 e. The average molecular weight is 322 g/mol. The first-order valence-electron chi connectivity index (χ1n) is 8.94. The summed E-state index contributed by atoms with van der Waals surface area (Å²) in [6, 6.07) is 19.2. The Bertz CT molecular complexity index is 692. The lowest BCUT2D eigenvalue weighted by molar-refractivity contribution is -0.141. The Morgan fingerprint density at radius 1 is 1.04 bits per heavy atom. The largest absolute Gasteiger partial charge is 0.481 e. The molecule has 0 fully saturated rings. The second kappa shape index (κ2) is 7.21. The third kappa shape index (κ3) is 3.38. The lowest BCUT2D eigenvalue weighted by Crippen LogP contribution is -2.23. The minimum Gasteiger partial charge on any atom is -0.481 e. The molecular formula is C22H26O2. The van der Waals surface area contributed by atoms with Gasteiger partial charge in [-0.2, -0.15) is 0 Å². The molecule has 0 heterocycles. The van der Waals surface area contributed by atoms with Crippen LogP contribution in [-0.4, -0.2) is 11.1 Å². The molecule has 126 valence electrons. The van der Waals surface area contributed by atoms with E-state index >= 15 is 0 Å². The molecular weight excluding hydrogens is 296 g/mol. The third-order valence-corrected chi connectivity index (χ3v) is 5.58. The minimum absolute atomic E-state index is 0.256. The van der Waals surface area contributed by atoms with Crippen LogP contribution in [0.15, 0.2) is 54.6 Å². The van der Waals surface area contributed by atoms with E-state index in [-0.39, 0.29) is 11.8 Å². The molecule has 0 radical (unpaired) electrons. The molecule has 24 heavy (non-hydrogen) atoms. The summed E-state index contributed by atoms with van der Waals surface area (Å²) in [5.74, 6) is 0.216. The number of rotatable bonds is 5. The molecule has 0 amide bonds. The number of carboxylic acid groups (broad SMARTS) is 1. The molecule has 1 aliphatic carbocycles. The summed E-state index contributed by atoms with van der Waals surface area (Å²) in [5, 5.41) is 9.41. The summed E-state index contributed by atoms with van der Waals surface area (Å²) in [6.45, 7) is 4.13. The van der Waals surface area contributed by atoms with E-state index in [1.807, 2.05) is 13.0 Å². The molecule has 0 saturated carbocycles. The quantitative estimate of drug-likeness (QED) is 0.782. The van der Waals surface area contributed by atoms with Crippen molar-refractivity contribution in [1.29, 1.82) is 0 Å². The van der Waals surface area contributed by atoms with Crippen LogP contribution >= 0.6 is 0 Å². The Kier molecular flexibility index (Phi) is 5.03. The van der Waals surface area contributed by atoms with Gasteiger partial charge >= 0.3 is 5.97 Å². The van der Waals surface area contributed by atoms with Gasteiger partial charge in [-0.15, -0.1) is 0 Å². The number of carboxylic acids is 1. The van der Waals surface area contributed by atoms with Crippen LogP contribution < -0.4 is 0 Å². The van der Waals surface area contributed by atoms with Crippen LogP contribution in [0.5, 0.6) is 0 Å². The highest BCUT2D eigenvalue weighted by atomic mass is 16.4. The van der Waals surface area contributed by atoms with Crippen molar-refractivity contribution in [3.63, 3.8) is 0 Å². The normalized spacial score (nSPS) is 22.4. The summed E-state index contributed by atoms with van der Waals surface area (Å²) < 4.78 is 0. The SMILES string of the molecule is C[C@H](CC(c1ccccc1)[C@@H]1CC[C@@H](C)c2ccccc21)C(=O)O. The Hall–Kier alpha value is -2.09. The lowest BCUT2D eigenvalue weighted by Gasteiger charge is -2.36. The smallest absolute Gasteiger partial charge is 0.306 e. The predicted molar refractivity (Wildman–Crippen MR) is 97.4 cm³/mol. The standard InChI is InChI=1S/C22H26O2/c1-15-12-13-20(19-11-7-6-10-18(15)19)21(14-16(2)22(23)24)17-8-4-3-5-9-17/h3-11,15-16,20-21H,12-14H2,1-2H3,(H,23,24)/t15-,16-,20-,21?/m1/s1. The van der Waals surface area contributed by atoms with Crippen LogP contribution in [0.2, 0.25) is 0 Å². The maximum absolute atomic E-state index is 11.4. The average Bonchev–Trinajstić information content (AvgIpc) is 2.61. The van der Waals surface area contributed by atoms with Crippen molar-refractivity contribution in [3.8, 4) is 0 Å². The fourth-order valence-electron chi connectivity index (χ4n) is 4.17. The highest BCUT2D eigenvalue weighted by Gasteiger charge is 2.33. The first kappa shape index (κ1) is 16.8. The van der Waals surface area contributed by atoms with Crippen molar-refractivity contribution in [2.24, 2.45) is 5.92 Å². The van der Waals surface area contributed by atoms with E-state index in [0.717, 1.165) is 6.42 Å². The minimum atomic E-state index is -0.701. The molecule has 3 rings (SSSR count). The van der Waals surface area contributed by atoms with E-state index in [2.05, 4.69) is 55.5 Å². The molecule has 2 aromatic rings. The molecule has 0 spiro atoms. The summed E-state index contributed by atoms with van der Waals surface area (Å²) in [4.78, 5) is 11.4. The number of aliphatic carboxylic acids is 1. The van der Waals surface area contributed by atoms with Gasteiger partial charge in [-0.05, 0) is 53.7 Å². The molecule has 0 saturated heterocycles. The van der Waals surface area contributed by atoms with Gasteiger partial charge in [0.25, 0.3) is 0 Å². The van der Waals surface area contributed by atoms with E-state index in [4.69, 9.17) is 0 Å². The van der Waals surface area contributed by atoms with Crippen LogP contribution in [0.25, 0.3) is 0 Å². The Morgan fingerprint density at radius 3 is 2.33 bits per heavy atom. The molecule has 2 heteroatoms. The summed E-state index contributed by atoms with van der Waals surface area (Å²) in [6.07, 6.45) is 2.99. The first-order chi connectivity index (χ1) is 11.6. The number of hydrogen-bond acceptors (Lipinski definition) is 1. The molecule has 1 unspecified atom stereocenters. The molecule has 0 bridgehead atoms. The van der Waals surface area contributed by atoms with E-state index in [0.29, 0.717) is 18.3 Å². The van der Waals surface area contributed by atoms with Gasteiger partial charge in [0.1, 0.15) is 0 Å². The zero-order chi connectivity index (χ0) is 17.1. The van der Waals surface area contributed by atoms with Gasteiger partial charge in [-0.3, -0.25) is 4.79 Å². The zero-order valence-electron chi connectivity index (χ0n) is 14.5. The molecule has 1 N–H and O–H groups in total. The van der Waals surface area contributed by atoms with Crippen molar-refractivity contribution in [2.75, 3.05) is 0 Å². The van der Waals surface area contributed by atoms with Gasteiger partial charge in [0.05, 0.1) is 5.92 Å². The molecule has 2 nitrogen and oxygen atoms in total. The van der Waals surface area contributed by atoms with Gasteiger partial charge < -0.3 is 5.11 Å². The van der Waals surface area contributed by atoms with Crippen LogP contribution in [0.4, 0.5) is 0 Å². The second-order valence-electron chi connectivity index (χ2n) is 7.21. The monoisotopic (exact) mass is 322 g/mol. The molecule has 2 aromatic carbocycles. The molecule has 0 aromatic heterocycles. The van der Waals surface area contributed by atoms with Crippen LogP contribution in [0.1, 0.15) is 67.6 Å². The second-order valence-corrected chi connectivity index (χ2v) is 7.21. The van der Waals surface area contributed by atoms with Crippen molar-refractivity contribution in [1.82, 2.24) is 0 Å². The van der Waals surface area contributed by atoms with Gasteiger partial charge in [0.2, 0.25) is 0 Å². The van der Waals surface area contributed by atoms with Crippen molar-refractivity contribution < 1.29 is 9.90 Å². The predicted octanol–water partition coefficient (Wildman–Crippen LogP) is 5.56. The van der Waals surface area contributed by atoms with Crippen molar-refractivity contribution >= 4 is 5.97 Å². The number of benzene rings is 2. The van der Waals surface area contributed by atoms with E-state index in [1.54, 1.807) is 0 Å². The van der Waals surface area contributed by atoms with E-state index in [1.165, 1.54) is 23.1 Å². The van der Waals surface area contributed by atoms with Gasteiger partial charge in [0.15, 0.2) is 0 Å². The number of fused-ring (bicyclic) bond motifs is 1. The number of hydrogen-bond donors (Lipinski definition) is 1. The van der Waals surface area contributed by atoms with Gasteiger partial charge in [0, 0.05) is 0 Å². The zero-order valence-corrected chi connectivity index (χ0v) is 14.5. The Balaban J connectivity index is 2.00. The van der Waals surface area contributed by atoms with Gasteiger partial charge in [-0.1, -0.05) is 68.4 Å². The van der Waals surface area contributed by atoms with E-state index < -0.39 is 5.97 Å². The fraction of sp³-hybridized carbons (Fsp3) is 0.409. The first-order valence-corrected chi connectivity index (χ1v) is 8.94. The van der Waals surface area contributed by atoms with Crippen LogP contribution in [0.3, 0.4) is 0 Å². The Labute approximate surface area is 144 Å². The fourth-order valence-corrected chi connectivity index (χ4v) is 4.17. The van der Waals surface area contributed by atoms with Crippen LogP contribution in [-0.2, 0) is 4.79 Å². The van der Waals surface area contributed by atoms with E-state index in [9.17, 15) is 9.90 Å².